The molecule has 0 saturated heterocycles. The lowest BCUT2D eigenvalue weighted by Crippen LogP contribution is -2.19. The van der Waals surface area contributed by atoms with Gasteiger partial charge in [-0.25, -0.2) is 4.98 Å². The second-order valence-electron chi connectivity index (χ2n) is 3.99. The highest BCUT2D eigenvalue weighted by molar-refractivity contribution is 6.20. The van der Waals surface area contributed by atoms with E-state index >= 15 is 0 Å². The van der Waals surface area contributed by atoms with Gasteiger partial charge < -0.3 is 5.32 Å². The van der Waals surface area contributed by atoms with Gasteiger partial charge >= 0.3 is 6.18 Å². The molecule has 2 nitrogen and oxygen atoms in total. The number of anilines is 1. The van der Waals surface area contributed by atoms with E-state index in [1.807, 2.05) is 13.8 Å². The summed E-state index contributed by atoms with van der Waals surface area (Å²) >= 11 is 5.80. The lowest BCUT2D eigenvalue weighted by Gasteiger charge is -2.16. The molecular formula is C11H14ClF3N2. The molecule has 1 aromatic heterocycles. The van der Waals surface area contributed by atoms with E-state index in [1.165, 1.54) is 0 Å². The Morgan fingerprint density at radius 2 is 2.06 bits per heavy atom. The van der Waals surface area contributed by atoms with Crippen LogP contribution in [0.25, 0.3) is 0 Å². The minimum Gasteiger partial charge on any atom is -0.368 e. The lowest BCUT2D eigenvalue weighted by atomic mass is 10.2. The summed E-state index contributed by atoms with van der Waals surface area (Å²) in [5, 5.41) is 2.85. The van der Waals surface area contributed by atoms with Crippen LogP contribution in [0.4, 0.5) is 19.0 Å². The predicted molar refractivity (Wildman–Crippen MR) is 62.3 cm³/mol. The summed E-state index contributed by atoms with van der Waals surface area (Å²) in [5.74, 6) is 0.213. The molecule has 0 bridgehead atoms. The Hall–Kier alpha value is -0.970. The van der Waals surface area contributed by atoms with E-state index in [-0.39, 0.29) is 17.2 Å². The normalized spacial score (nSPS) is 15.4. The average Bonchev–Trinajstić information content (AvgIpc) is 2.15. The van der Waals surface area contributed by atoms with Crippen molar-refractivity contribution in [3.63, 3.8) is 0 Å². The Morgan fingerprint density at radius 1 is 1.41 bits per heavy atom. The van der Waals surface area contributed by atoms with Crippen molar-refractivity contribution in [3.05, 3.63) is 23.9 Å². The van der Waals surface area contributed by atoms with Gasteiger partial charge in [0, 0.05) is 17.6 Å². The van der Waals surface area contributed by atoms with E-state index in [0.717, 1.165) is 18.3 Å². The first kappa shape index (κ1) is 14.1. The molecule has 0 aliphatic carbocycles. The van der Waals surface area contributed by atoms with Gasteiger partial charge in [-0.05, 0) is 32.4 Å². The molecule has 0 radical (unpaired) electrons. The highest BCUT2D eigenvalue weighted by atomic mass is 35.5. The molecular weight excluding hydrogens is 253 g/mol. The standard InChI is InChI=1S/C11H14ClF3N2/c1-7(12)5-8(2)17-10-6-9(3-4-16-10)11(13,14)15/h3-4,6-8H,5H2,1-2H3,(H,16,17). The fraction of sp³-hybridized carbons (Fsp3) is 0.545. The van der Waals surface area contributed by atoms with Crippen molar-refractivity contribution >= 4 is 17.4 Å². The Morgan fingerprint density at radius 3 is 2.59 bits per heavy atom. The fourth-order valence-electron chi connectivity index (χ4n) is 1.48. The van der Waals surface area contributed by atoms with Gasteiger partial charge in [-0.1, -0.05) is 0 Å². The van der Waals surface area contributed by atoms with Crippen molar-refractivity contribution in [1.82, 2.24) is 4.98 Å². The summed E-state index contributed by atoms with van der Waals surface area (Å²) in [4.78, 5) is 3.85. The first-order valence-corrected chi connectivity index (χ1v) is 5.66. The molecule has 96 valence electrons. The van der Waals surface area contributed by atoms with Crippen LogP contribution in [0.3, 0.4) is 0 Å². The predicted octanol–water partition coefficient (Wildman–Crippen LogP) is 3.92. The second-order valence-corrected chi connectivity index (χ2v) is 4.73. The van der Waals surface area contributed by atoms with E-state index in [9.17, 15) is 13.2 Å². The van der Waals surface area contributed by atoms with Crippen molar-refractivity contribution in [1.29, 1.82) is 0 Å². The van der Waals surface area contributed by atoms with E-state index in [0.29, 0.717) is 6.42 Å². The lowest BCUT2D eigenvalue weighted by molar-refractivity contribution is -0.137. The zero-order chi connectivity index (χ0) is 13.1. The number of halogens is 4. The summed E-state index contributed by atoms with van der Waals surface area (Å²) in [7, 11) is 0. The second kappa shape index (κ2) is 5.58. The van der Waals surface area contributed by atoms with Crippen LogP contribution < -0.4 is 5.32 Å². The van der Waals surface area contributed by atoms with E-state index in [4.69, 9.17) is 11.6 Å². The number of nitrogens with one attached hydrogen (secondary N) is 1. The van der Waals surface area contributed by atoms with Crippen LogP contribution >= 0.6 is 11.6 Å². The van der Waals surface area contributed by atoms with Crippen molar-refractivity contribution in [2.45, 2.75) is 37.9 Å². The average molecular weight is 267 g/mol. The maximum atomic E-state index is 12.4. The fourth-order valence-corrected chi connectivity index (χ4v) is 1.75. The Labute approximate surface area is 103 Å². The monoisotopic (exact) mass is 266 g/mol. The highest BCUT2D eigenvalue weighted by Crippen LogP contribution is 2.30. The van der Waals surface area contributed by atoms with Crippen LogP contribution in [0.5, 0.6) is 0 Å². The van der Waals surface area contributed by atoms with Gasteiger partial charge in [-0.3, -0.25) is 0 Å². The number of alkyl halides is 4. The molecule has 0 amide bonds. The SMILES string of the molecule is CC(Cl)CC(C)Nc1cc(C(F)(F)F)ccn1. The van der Waals surface area contributed by atoms with E-state index < -0.39 is 11.7 Å². The molecule has 1 N–H and O–H groups in total. The van der Waals surface area contributed by atoms with Gasteiger partial charge in [0.1, 0.15) is 5.82 Å². The third kappa shape index (κ3) is 4.81. The summed E-state index contributed by atoms with van der Waals surface area (Å²) < 4.78 is 37.3. The van der Waals surface area contributed by atoms with Gasteiger partial charge in [0.25, 0.3) is 0 Å². The van der Waals surface area contributed by atoms with Crippen LogP contribution in [0, 0.1) is 0 Å². The summed E-state index contributed by atoms with van der Waals surface area (Å²) in [5.41, 5.74) is -0.707. The smallest absolute Gasteiger partial charge is 0.368 e. The summed E-state index contributed by atoms with van der Waals surface area (Å²) in [6.45, 7) is 3.68. The van der Waals surface area contributed by atoms with Gasteiger partial charge in [-0.2, -0.15) is 13.2 Å². The number of rotatable bonds is 4. The van der Waals surface area contributed by atoms with Crippen molar-refractivity contribution in [2.24, 2.45) is 0 Å². The summed E-state index contributed by atoms with van der Waals surface area (Å²) in [6.07, 6.45) is -2.55. The molecule has 2 unspecified atom stereocenters. The molecule has 0 spiro atoms. The molecule has 0 fully saturated rings. The van der Waals surface area contributed by atoms with Crippen molar-refractivity contribution < 1.29 is 13.2 Å². The highest BCUT2D eigenvalue weighted by Gasteiger charge is 2.30. The minimum atomic E-state index is -4.34. The Kier molecular flexibility index (Phi) is 4.62. The minimum absolute atomic E-state index is 0.0292. The molecule has 2 atom stereocenters. The van der Waals surface area contributed by atoms with Gasteiger partial charge in [0.2, 0.25) is 0 Å². The first-order chi connectivity index (χ1) is 7.79. The molecule has 0 aromatic carbocycles. The number of aromatic nitrogens is 1. The van der Waals surface area contributed by atoms with Crippen LogP contribution in [0.15, 0.2) is 18.3 Å². The third-order valence-electron chi connectivity index (χ3n) is 2.16. The van der Waals surface area contributed by atoms with Crippen LogP contribution in [0.1, 0.15) is 25.8 Å². The molecule has 17 heavy (non-hydrogen) atoms. The molecule has 0 saturated carbocycles. The molecule has 0 aliphatic rings. The van der Waals surface area contributed by atoms with Gasteiger partial charge in [0.05, 0.1) is 5.56 Å². The Balaban J connectivity index is 2.72. The maximum Gasteiger partial charge on any atom is 0.416 e. The quantitative estimate of drug-likeness (QED) is 0.836. The number of nitrogens with zero attached hydrogens (tertiary/aromatic N) is 1. The zero-order valence-corrected chi connectivity index (χ0v) is 10.3. The zero-order valence-electron chi connectivity index (χ0n) is 9.55. The largest absolute Gasteiger partial charge is 0.416 e. The maximum absolute atomic E-state index is 12.4. The third-order valence-corrected chi connectivity index (χ3v) is 2.34. The molecule has 1 aromatic rings. The van der Waals surface area contributed by atoms with Crippen LogP contribution in [0.2, 0.25) is 0 Å². The molecule has 1 rings (SSSR count). The number of pyridine rings is 1. The number of hydrogen-bond acceptors (Lipinski definition) is 2. The van der Waals surface area contributed by atoms with Crippen LogP contribution in [-0.2, 0) is 6.18 Å². The van der Waals surface area contributed by atoms with E-state index in [2.05, 4.69) is 10.3 Å². The van der Waals surface area contributed by atoms with Crippen molar-refractivity contribution in [2.75, 3.05) is 5.32 Å². The van der Waals surface area contributed by atoms with E-state index in [1.54, 1.807) is 0 Å². The molecule has 6 heteroatoms. The summed E-state index contributed by atoms with van der Waals surface area (Å²) in [6, 6.07) is 1.91. The molecule has 1 heterocycles. The first-order valence-electron chi connectivity index (χ1n) is 5.23. The Bertz CT molecular complexity index is 366. The molecule has 0 aliphatic heterocycles. The topological polar surface area (TPSA) is 24.9 Å². The van der Waals surface area contributed by atoms with Crippen LogP contribution in [-0.4, -0.2) is 16.4 Å². The number of hydrogen-bond donors (Lipinski definition) is 1. The van der Waals surface area contributed by atoms with Gasteiger partial charge in [-0.15, -0.1) is 11.6 Å². The van der Waals surface area contributed by atoms with Crippen molar-refractivity contribution in [3.8, 4) is 0 Å². The van der Waals surface area contributed by atoms with Gasteiger partial charge in [0.15, 0.2) is 0 Å².